The third-order valence-electron chi connectivity index (χ3n) is 8.50. The van der Waals surface area contributed by atoms with Crippen molar-refractivity contribution in [2.45, 2.75) is 32.2 Å². The summed E-state index contributed by atoms with van der Waals surface area (Å²) in [5.74, 6) is 0.0968. The van der Waals surface area contributed by atoms with Gasteiger partial charge in [0.05, 0.1) is 14.2 Å². The third-order valence-corrected chi connectivity index (χ3v) is 8.50. The van der Waals surface area contributed by atoms with Gasteiger partial charge in [-0.2, -0.15) is 0 Å². The number of methoxy groups -OCH3 is 2. The van der Waals surface area contributed by atoms with Gasteiger partial charge in [-0.3, -0.25) is 9.69 Å². The Morgan fingerprint density at radius 2 is 1.56 bits per heavy atom. The molecule has 8 nitrogen and oxygen atoms in total. The van der Waals surface area contributed by atoms with Crippen LogP contribution in [0, 0.1) is 11.8 Å². The first-order valence-corrected chi connectivity index (χ1v) is 14.5. The van der Waals surface area contributed by atoms with Crippen LogP contribution in [0.4, 0.5) is 0 Å². The summed E-state index contributed by atoms with van der Waals surface area (Å²) < 4.78 is 10.8. The molecule has 0 aromatic heterocycles. The van der Waals surface area contributed by atoms with Gasteiger partial charge < -0.3 is 24.8 Å². The number of carboxylic acid groups (broad SMARTS) is 1. The highest BCUT2D eigenvalue weighted by molar-refractivity contribution is 6.07. The van der Waals surface area contributed by atoms with Crippen LogP contribution in [0.2, 0.25) is 0 Å². The highest BCUT2D eigenvalue weighted by Crippen LogP contribution is 2.40. The first-order chi connectivity index (χ1) is 20.8. The maximum absolute atomic E-state index is 12.9. The van der Waals surface area contributed by atoms with Crippen molar-refractivity contribution in [2.24, 2.45) is 11.8 Å². The first-order valence-electron chi connectivity index (χ1n) is 14.5. The zero-order valence-electron chi connectivity index (χ0n) is 24.5. The number of hydrogen-bond acceptors (Lipinski definition) is 7. The number of fused-ring (bicyclic) bond motifs is 2. The molecule has 8 heteroatoms. The van der Waals surface area contributed by atoms with E-state index >= 15 is 0 Å². The minimum atomic E-state index is -1.26. The number of carboxylic acids is 1. The molecule has 4 aromatic carbocycles. The van der Waals surface area contributed by atoms with Crippen LogP contribution in [0.25, 0.3) is 10.8 Å². The maximum Gasteiger partial charge on any atom is 0.340 e. The topological polar surface area (TPSA) is 117 Å². The molecule has 1 unspecified atom stereocenters. The van der Waals surface area contributed by atoms with E-state index < -0.39 is 17.5 Å². The van der Waals surface area contributed by atoms with Crippen molar-refractivity contribution in [2.75, 3.05) is 27.3 Å². The van der Waals surface area contributed by atoms with Crippen LogP contribution in [0.1, 0.15) is 51.1 Å². The molecule has 0 bridgehead atoms. The fraction of sp³-hybridized carbons (Fsp3) is 0.314. The highest BCUT2D eigenvalue weighted by Gasteiger charge is 2.34. The Bertz CT molecular complexity index is 1610. The van der Waals surface area contributed by atoms with Gasteiger partial charge in [-0.25, -0.2) is 4.79 Å². The second kappa shape index (κ2) is 13.2. The summed E-state index contributed by atoms with van der Waals surface area (Å²) in [4.78, 5) is 26.4. The van der Waals surface area contributed by atoms with Gasteiger partial charge in [0.1, 0.15) is 5.56 Å². The van der Waals surface area contributed by atoms with Crippen molar-refractivity contribution in [3.05, 3.63) is 95.1 Å². The molecule has 0 spiro atoms. The average molecular weight is 584 g/mol. The van der Waals surface area contributed by atoms with Gasteiger partial charge in [-0.05, 0) is 79.4 Å². The van der Waals surface area contributed by atoms with Gasteiger partial charge in [0.2, 0.25) is 0 Å². The van der Waals surface area contributed by atoms with Gasteiger partial charge in [0, 0.05) is 23.4 Å². The van der Waals surface area contributed by atoms with Crippen molar-refractivity contribution in [3.63, 3.8) is 0 Å². The molecule has 43 heavy (non-hydrogen) atoms. The molecule has 6 rings (SSSR count). The number of likely N-dealkylation sites (tertiary alicyclic amines) is 1. The van der Waals surface area contributed by atoms with Crippen LogP contribution in [0.5, 0.6) is 23.0 Å². The second-order valence-electron chi connectivity index (χ2n) is 11.2. The smallest absolute Gasteiger partial charge is 0.340 e. The molecule has 3 N–H and O–H groups in total. The number of phenols is 2. The van der Waals surface area contributed by atoms with Crippen molar-refractivity contribution >= 4 is 22.5 Å². The summed E-state index contributed by atoms with van der Waals surface area (Å²) in [6.45, 7) is 3.27. The van der Waals surface area contributed by atoms with Crippen molar-refractivity contribution in [1.82, 2.24) is 4.90 Å². The number of hydrogen-bond donors (Lipinski definition) is 3. The second-order valence-corrected chi connectivity index (χ2v) is 11.2. The van der Waals surface area contributed by atoms with Crippen LogP contribution in [-0.2, 0) is 13.0 Å². The van der Waals surface area contributed by atoms with Crippen molar-refractivity contribution in [1.29, 1.82) is 0 Å². The third kappa shape index (κ3) is 6.60. The van der Waals surface area contributed by atoms with Crippen LogP contribution < -0.4 is 9.47 Å². The Balaban J connectivity index is 0.000000207. The molecule has 224 valence electrons. The molecular formula is C35H37NO7. The van der Waals surface area contributed by atoms with E-state index in [1.54, 1.807) is 38.5 Å². The summed E-state index contributed by atoms with van der Waals surface area (Å²) in [6, 6.07) is 22.5. The van der Waals surface area contributed by atoms with E-state index in [-0.39, 0.29) is 17.3 Å². The number of phenolic OH excluding ortho intramolecular Hbond substituents is 1. The van der Waals surface area contributed by atoms with E-state index in [1.165, 1.54) is 24.5 Å². The zero-order chi connectivity index (χ0) is 30.5. The van der Waals surface area contributed by atoms with E-state index in [1.807, 2.05) is 12.1 Å². The molecule has 1 heterocycles. The lowest BCUT2D eigenvalue weighted by atomic mass is 9.85. The molecule has 0 saturated carbocycles. The Kier molecular flexibility index (Phi) is 9.16. The first kappa shape index (κ1) is 29.9. The number of carbonyl (C=O) groups excluding carboxylic acids is 1. The summed E-state index contributed by atoms with van der Waals surface area (Å²) >= 11 is 0. The SMILES string of the molecule is COc1cc2c(cc1OC)C(=O)C(CC1CCN(Cc3ccccc3)CC1)C2.O=C(O)c1c(O)c(O)cc2ccccc12. The molecule has 1 atom stereocenters. The fourth-order valence-corrected chi connectivity index (χ4v) is 6.25. The minimum Gasteiger partial charge on any atom is -0.504 e. The molecular weight excluding hydrogens is 546 g/mol. The lowest BCUT2D eigenvalue weighted by Gasteiger charge is -2.32. The summed E-state index contributed by atoms with van der Waals surface area (Å²) in [5.41, 5.74) is 3.04. The number of aromatic hydroxyl groups is 2. The van der Waals surface area contributed by atoms with E-state index in [2.05, 4.69) is 35.2 Å². The number of carbonyl (C=O) groups is 2. The minimum absolute atomic E-state index is 0.109. The van der Waals surface area contributed by atoms with Crippen LogP contribution in [0.15, 0.2) is 72.8 Å². The maximum atomic E-state index is 12.9. The zero-order valence-corrected chi connectivity index (χ0v) is 24.5. The van der Waals surface area contributed by atoms with Gasteiger partial charge in [-0.15, -0.1) is 0 Å². The van der Waals surface area contributed by atoms with E-state index in [4.69, 9.17) is 14.6 Å². The molecule has 0 amide bonds. The highest BCUT2D eigenvalue weighted by atomic mass is 16.5. The van der Waals surface area contributed by atoms with Gasteiger partial charge in [-0.1, -0.05) is 54.6 Å². The number of ether oxygens (including phenoxy) is 2. The monoisotopic (exact) mass is 583 g/mol. The van der Waals surface area contributed by atoms with Gasteiger partial charge >= 0.3 is 5.97 Å². The van der Waals surface area contributed by atoms with Gasteiger partial charge in [0.25, 0.3) is 0 Å². The normalized spacial score (nSPS) is 16.8. The Hall–Kier alpha value is -4.56. The summed E-state index contributed by atoms with van der Waals surface area (Å²) in [6.07, 6.45) is 4.19. The number of rotatable bonds is 7. The summed E-state index contributed by atoms with van der Waals surface area (Å²) in [5, 5.41) is 28.7. The summed E-state index contributed by atoms with van der Waals surface area (Å²) in [7, 11) is 3.26. The molecule has 1 aliphatic heterocycles. The van der Waals surface area contributed by atoms with E-state index in [0.717, 1.165) is 43.6 Å². The Labute approximate surface area is 251 Å². The van der Waals surface area contributed by atoms with Crippen molar-refractivity contribution in [3.8, 4) is 23.0 Å². The van der Waals surface area contributed by atoms with Crippen LogP contribution in [-0.4, -0.2) is 59.3 Å². The molecule has 2 aliphatic rings. The Morgan fingerprint density at radius 3 is 2.23 bits per heavy atom. The Morgan fingerprint density at radius 1 is 0.907 bits per heavy atom. The molecule has 0 radical (unpaired) electrons. The largest absolute Gasteiger partial charge is 0.504 e. The molecule has 4 aromatic rings. The number of ketones is 1. The van der Waals surface area contributed by atoms with Crippen LogP contribution in [0.3, 0.4) is 0 Å². The van der Waals surface area contributed by atoms with Crippen molar-refractivity contribution < 1.29 is 34.4 Å². The number of benzene rings is 4. The number of piperidine rings is 1. The molecule has 1 fully saturated rings. The number of Topliss-reactive ketones (excluding diaryl/α,β-unsaturated/α-hetero) is 1. The van der Waals surface area contributed by atoms with Crippen LogP contribution >= 0.6 is 0 Å². The van der Waals surface area contributed by atoms with E-state index in [9.17, 15) is 19.8 Å². The molecule has 1 aliphatic carbocycles. The predicted octanol–water partition coefficient (Wildman–Crippen LogP) is 6.31. The average Bonchev–Trinajstić information content (AvgIpc) is 3.32. The van der Waals surface area contributed by atoms with E-state index in [0.29, 0.717) is 28.2 Å². The number of nitrogens with zero attached hydrogens (tertiary/aromatic N) is 1. The van der Waals surface area contributed by atoms with Gasteiger partial charge in [0.15, 0.2) is 28.8 Å². The lowest BCUT2D eigenvalue weighted by molar-refractivity contribution is 0.0695. The quantitative estimate of drug-likeness (QED) is 0.217. The number of aromatic carboxylic acids is 1. The molecule has 1 saturated heterocycles. The standard InChI is InChI=1S/C24H29NO3.C11H8O4/c1-27-22-14-19-13-20(24(26)21(19)15-23(22)28-2)12-17-8-10-25(11-9-17)16-18-6-4-3-5-7-18;12-8-5-6-3-1-2-4-7(6)9(10(8)13)11(14)15/h3-7,14-15,17,20H,8-13,16H2,1-2H3;1-5,12-13H,(H,14,15). The fourth-order valence-electron chi connectivity index (χ4n) is 6.25. The lowest BCUT2D eigenvalue weighted by Crippen LogP contribution is -2.34. The predicted molar refractivity (Wildman–Crippen MR) is 164 cm³/mol.